The fourth-order valence-corrected chi connectivity index (χ4v) is 1.16. The molecule has 0 aliphatic rings. The topological polar surface area (TPSA) is 59.1 Å². The summed E-state index contributed by atoms with van der Waals surface area (Å²) in [6.45, 7) is 0. The van der Waals surface area contributed by atoms with Gasteiger partial charge in [0.25, 0.3) is 0 Å². The molecule has 0 saturated heterocycles. The first-order valence-corrected chi connectivity index (χ1v) is 4.93. The Hall–Kier alpha value is -2.13. The van der Waals surface area contributed by atoms with E-state index in [2.05, 4.69) is 4.98 Å². The van der Waals surface area contributed by atoms with Gasteiger partial charge in [-0.3, -0.25) is 14.6 Å². The molecule has 0 fully saturated rings. The number of ketones is 1. The second-order valence-corrected chi connectivity index (χ2v) is 3.58. The molecule has 0 saturated carbocycles. The number of halogens is 6. The van der Waals surface area contributed by atoms with Crippen molar-refractivity contribution in [2.45, 2.75) is 18.8 Å². The number of hydrogen-bond donors (Lipinski definition) is 1. The first kappa shape index (κ1) is 15.9. The minimum absolute atomic E-state index is 0.417. The molecule has 0 atom stereocenters. The number of amides is 1. The van der Waals surface area contributed by atoms with Crippen molar-refractivity contribution in [1.29, 1.82) is 0 Å². The predicted molar refractivity (Wildman–Crippen MR) is 53.7 cm³/mol. The zero-order chi connectivity index (χ0) is 15.6. The second-order valence-electron chi connectivity index (χ2n) is 3.58. The summed E-state index contributed by atoms with van der Waals surface area (Å²) in [5.74, 6) is -4.52. The number of nitrogens with one attached hydrogen (secondary N) is 1. The molecule has 1 aromatic rings. The molecule has 0 aliphatic carbocycles. The van der Waals surface area contributed by atoms with E-state index in [9.17, 15) is 35.9 Å². The number of alkyl halides is 6. The summed E-state index contributed by atoms with van der Waals surface area (Å²) in [6.07, 6.45) is -9.81. The van der Waals surface area contributed by atoms with Gasteiger partial charge in [-0.05, 0) is 11.6 Å². The highest BCUT2D eigenvalue weighted by Crippen LogP contribution is 2.24. The van der Waals surface area contributed by atoms with Crippen molar-refractivity contribution >= 4 is 17.4 Å². The third-order valence-electron chi connectivity index (χ3n) is 2.08. The monoisotopic (exact) mass is 300 g/mol. The smallest absolute Gasteiger partial charge is 0.317 e. The molecule has 110 valence electrons. The number of hydrogen-bond acceptors (Lipinski definition) is 3. The van der Waals surface area contributed by atoms with E-state index in [1.165, 1.54) is 5.32 Å². The number of carbonyl (C=O) groups excluding carboxylic acids is 2. The molecule has 0 aliphatic heterocycles. The van der Waals surface area contributed by atoms with Crippen LogP contribution in [-0.4, -0.2) is 29.0 Å². The maximum Gasteiger partial charge on any atom is 0.471 e. The molecule has 20 heavy (non-hydrogen) atoms. The van der Waals surface area contributed by atoms with Crippen molar-refractivity contribution in [3.8, 4) is 0 Å². The number of aromatic nitrogens is 1. The average Bonchev–Trinajstić information content (AvgIpc) is 2.29. The van der Waals surface area contributed by atoms with Crippen molar-refractivity contribution in [2.75, 3.05) is 5.32 Å². The van der Waals surface area contributed by atoms with Gasteiger partial charge in [0.2, 0.25) is 5.78 Å². The van der Waals surface area contributed by atoms with E-state index < -0.39 is 41.7 Å². The van der Waals surface area contributed by atoms with E-state index in [0.717, 1.165) is 18.5 Å². The molecule has 0 aromatic carbocycles. The number of nitrogens with zero attached hydrogens (tertiary/aromatic N) is 1. The van der Waals surface area contributed by atoms with Crippen LogP contribution in [0.1, 0.15) is 5.56 Å². The second kappa shape index (κ2) is 5.47. The molecule has 1 N–H and O–H groups in total. The third-order valence-corrected chi connectivity index (χ3v) is 2.08. The van der Waals surface area contributed by atoms with Crippen LogP contribution in [0.4, 0.5) is 32.0 Å². The van der Waals surface area contributed by atoms with Crippen molar-refractivity contribution in [2.24, 2.45) is 0 Å². The summed E-state index contributed by atoms with van der Waals surface area (Å²) >= 11 is 0. The average molecular weight is 300 g/mol. The van der Waals surface area contributed by atoms with E-state index in [0.29, 0.717) is 0 Å². The van der Waals surface area contributed by atoms with Gasteiger partial charge < -0.3 is 5.32 Å². The van der Waals surface area contributed by atoms with Gasteiger partial charge in [-0.25, -0.2) is 0 Å². The van der Waals surface area contributed by atoms with Gasteiger partial charge in [0.1, 0.15) is 0 Å². The molecule has 0 radical (unpaired) electrons. The van der Waals surface area contributed by atoms with Gasteiger partial charge in [-0.15, -0.1) is 0 Å². The fraction of sp³-hybridized carbons (Fsp3) is 0.300. The van der Waals surface area contributed by atoms with Crippen LogP contribution in [-0.2, 0) is 16.0 Å². The van der Waals surface area contributed by atoms with Gasteiger partial charge >= 0.3 is 18.3 Å². The van der Waals surface area contributed by atoms with Crippen LogP contribution < -0.4 is 5.32 Å². The Balaban J connectivity index is 2.95. The van der Waals surface area contributed by atoms with E-state index in [1.807, 2.05) is 0 Å². The zero-order valence-corrected chi connectivity index (χ0v) is 9.47. The van der Waals surface area contributed by atoms with Crippen molar-refractivity contribution in [3.05, 3.63) is 24.0 Å². The van der Waals surface area contributed by atoms with Crippen molar-refractivity contribution in [1.82, 2.24) is 4.98 Å². The predicted octanol–water partition coefficient (Wildman–Crippen LogP) is 2.26. The Morgan fingerprint density at radius 3 is 2.20 bits per heavy atom. The summed E-state index contributed by atoms with van der Waals surface area (Å²) in [5.41, 5.74) is -1.02. The van der Waals surface area contributed by atoms with Gasteiger partial charge in [0, 0.05) is 12.6 Å². The first-order chi connectivity index (χ1) is 9.01. The maximum atomic E-state index is 12.1. The lowest BCUT2D eigenvalue weighted by molar-refractivity contribution is -0.170. The number of anilines is 1. The van der Waals surface area contributed by atoms with Gasteiger partial charge in [-0.1, -0.05) is 0 Å². The first-order valence-electron chi connectivity index (χ1n) is 4.93. The highest BCUT2D eigenvalue weighted by Gasteiger charge is 2.40. The Morgan fingerprint density at radius 2 is 1.70 bits per heavy atom. The third kappa shape index (κ3) is 4.21. The normalized spacial score (nSPS) is 12.1. The molecule has 4 nitrogen and oxygen atoms in total. The maximum absolute atomic E-state index is 12.1. The van der Waals surface area contributed by atoms with Crippen LogP contribution in [0.5, 0.6) is 0 Å². The lowest BCUT2D eigenvalue weighted by atomic mass is 10.1. The molecule has 1 heterocycles. The van der Waals surface area contributed by atoms with Gasteiger partial charge in [0.15, 0.2) is 0 Å². The van der Waals surface area contributed by atoms with E-state index in [-0.39, 0.29) is 0 Å². The van der Waals surface area contributed by atoms with Gasteiger partial charge in [-0.2, -0.15) is 26.3 Å². The van der Waals surface area contributed by atoms with E-state index in [1.54, 1.807) is 0 Å². The molecule has 1 amide bonds. The number of Topliss-reactive ketones (excluding diaryl/α,β-unsaturated/α-hetero) is 1. The molecule has 10 heteroatoms. The minimum atomic E-state index is -5.21. The molecule has 1 aromatic heterocycles. The number of rotatable bonds is 3. The van der Waals surface area contributed by atoms with Gasteiger partial charge in [0.05, 0.1) is 11.9 Å². The van der Waals surface area contributed by atoms with Crippen LogP contribution in [0.15, 0.2) is 18.5 Å². The largest absolute Gasteiger partial charge is 0.471 e. The summed E-state index contributed by atoms with van der Waals surface area (Å²) in [6, 6.07) is 0.912. The van der Waals surface area contributed by atoms with Crippen LogP contribution in [0, 0.1) is 0 Å². The molecular weight excluding hydrogens is 294 g/mol. The highest BCUT2D eigenvalue weighted by atomic mass is 19.4. The van der Waals surface area contributed by atoms with Crippen LogP contribution in [0.25, 0.3) is 0 Å². The van der Waals surface area contributed by atoms with E-state index in [4.69, 9.17) is 0 Å². The lowest BCUT2D eigenvalue weighted by Crippen LogP contribution is -2.31. The Bertz CT molecular complexity index is 476. The van der Waals surface area contributed by atoms with Crippen molar-refractivity contribution in [3.63, 3.8) is 0 Å². The molecule has 0 bridgehead atoms. The summed E-state index contributed by atoms with van der Waals surface area (Å²) in [5, 5.41) is 1.36. The van der Waals surface area contributed by atoms with Crippen LogP contribution in [0.2, 0.25) is 0 Å². The standard InChI is InChI=1S/C10H6F6N2O2/c11-9(12,13)7(19)3-5-1-2-17-4-6(5)18-8(20)10(14,15)16/h1-2,4H,3H2,(H,18,20). The fourth-order valence-electron chi connectivity index (χ4n) is 1.16. The Morgan fingerprint density at radius 1 is 1.10 bits per heavy atom. The summed E-state index contributed by atoms with van der Waals surface area (Å²) in [7, 11) is 0. The number of carbonyl (C=O) groups is 2. The number of pyridine rings is 1. The zero-order valence-electron chi connectivity index (χ0n) is 9.47. The Kier molecular flexibility index (Phi) is 4.36. The van der Waals surface area contributed by atoms with E-state index >= 15 is 0 Å². The summed E-state index contributed by atoms with van der Waals surface area (Å²) in [4.78, 5) is 24.9. The van der Waals surface area contributed by atoms with Crippen LogP contribution in [0.3, 0.4) is 0 Å². The molecule has 0 spiro atoms. The van der Waals surface area contributed by atoms with Crippen LogP contribution >= 0.6 is 0 Å². The SMILES string of the molecule is O=C(Cc1ccncc1NC(=O)C(F)(F)F)C(F)(F)F. The van der Waals surface area contributed by atoms with Crippen molar-refractivity contribution < 1.29 is 35.9 Å². The lowest BCUT2D eigenvalue weighted by Gasteiger charge is -2.12. The highest BCUT2D eigenvalue weighted by molar-refractivity contribution is 5.96. The molecule has 1 rings (SSSR count). The quantitative estimate of drug-likeness (QED) is 0.871. The Labute approximate surface area is 107 Å². The molecule has 0 unspecified atom stereocenters. The molecular formula is C10H6F6N2O2. The minimum Gasteiger partial charge on any atom is -0.317 e. The summed E-state index contributed by atoms with van der Waals surface area (Å²) < 4.78 is 72.4.